The molecule has 0 saturated carbocycles. The molecule has 0 atom stereocenters. The molecular formula is C21H27FN2O5S. The molecular weight excluding hydrogens is 411 g/mol. The Bertz CT molecular complexity index is 979. The number of amides is 2. The summed E-state index contributed by atoms with van der Waals surface area (Å²) in [6.07, 6.45) is 0. The Morgan fingerprint density at radius 3 is 2.47 bits per heavy atom. The summed E-state index contributed by atoms with van der Waals surface area (Å²) in [5.74, 6) is -0.242. The van der Waals surface area contributed by atoms with Gasteiger partial charge in [-0.15, -0.1) is 0 Å². The normalized spacial score (nSPS) is 11.3. The van der Waals surface area contributed by atoms with Crippen molar-refractivity contribution in [3.05, 3.63) is 53.8 Å². The Kier molecular flexibility index (Phi) is 8.05. The zero-order chi connectivity index (χ0) is 22.3. The van der Waals surface area contributed by atoms with E-state index in [1.54, 1.807) is 24.3 Å². The van der Waals surface area contributed by atoms with Gasteiger partial charge in [-0.3, -0.25) is 0 Å². The molecule has 0 fully saturated rings. The number of hydrogen-bond acceptors (Lipinski definition) is 5. The van der Waals surface area contributed by atoms with Gasteiger partial charge in [-0.25, -0.2) is 9.18 Å². The average Bonchev–Trinajstić information content (AvgIpc) is 2.69. The first kappa shape index (κ1) is 23.5. The first-order valence-electron chi connectivity index (χ1n) is 9.54. The standard InChI is InChI=1S/C21H27FN2O5S/c1-5-30(26,27)29-20-12-16(10-11-19(20)28-4)14-24(13-15(2)3)21(25)23-18-9-7-6-8-17(18)22/h6-12,15H,5,13-14H2,1-4H3,(H,23,25). The van der Waals surface area contributed by atoms with Crippen LogP contribution in [0.3, 0.4) is 0 Å². The van der Waals surface area contributed by atoms with Crippen LogP contribution in [0.1, 0.15) is 26.3 Å². The second-order valence-corrected chi connectivity index (χ2v) is 8.96. The van der Waals surface area contributed by atoms with Gasteiger partial charge in [0.05, 0.1) is 18.6 Å². The number of benzene rings is 2. The fraction of sp³-hybridized carbons (Fsp3) is 0.381. The molecule has 164 valence electrons. The number of carbonyl (C=O) groups excluding carboxylic acids is 1. The van der Waals surface area contributed by atoms with Gasteiger partial charge in [-0.1, -0.05) is 32.0 Å². The van der Waals surface area contributed by atoms with Crippen LogP contribution in [0.4, 0.5) is 14.9 Å². The third-order valence-electron chi connectivity index (χ3n) is 4.16. The lowest BCUT2D eigenvalue weighted by molar-refractivity contribution is 0.201. The van der Waals surface area contributed by atoms with E-state index < -0.39 is 22.0 Å². The average molecular weight is 439 g/mol. The minimum absolute atomic E-state index is 0.0517. The number of para-hydroxylation sites is 1. The zero-order valence-electron chi connectivity index (χ0n) is 17.5. The lowest BCUT2D eigenvalue weighted by atomic mass is 10.1. The molecule has 30 heavy (non-hydrogen) atoms. The number of halogens is 1. The number of methoxy groups -OCH3 is 1. The van der Waals surface area contributed by atoms with E-state index in [9.17, 15) is 17.6 Å². The Labute approximate surface area is 176 Å². The molecule has 0 spiro atoms. The maximum absolute atomic E-state index is 13.9. The molecule has 1 N–H and O–H groups in total. The fourth-order valence-electron chi connectivity index (χ4n) is 2.72. The Morgan fingerprint density at radius 1 is 1.17 bits per heavy atom. The predicted octanol–water partition coefficient (Wildman–Crippen LogP) is 4.25. The molecule has 2 amide bonds. The molecule has 0 aliphatic heterocycles. The van der Waals surface area contributed by atoms with Gasteiger partial charge in [-0.2, -0.15) is 8.42 Å². The number of carbonyl (C=O) groups is 1. The second-order valence-electron chi connectivity index (χ2n) is 7.10. The fourth-order valence-corrected chi connectivity index (χ4v) is 3.24. The van der Waals surface area contributed by atoms with Crippen LogP contribution in [0.25, 0.3) is 0 Å². The lowest BCUT2D eigenvalue weighted by Crippen LogP contribution is -2.37. The highest BCUT2D eigenvalue weighted by atomic mass is 32.2. The van der Waals surface area contributed by atoms with E-state index in [1.807, 2.05) is 13.8 Å². The van der Waals surface area contributed by atoms with Crippen LogP contribution in [0.2, 0.25) is 0 Å². The Balaban J connectivity index is 2.27. The van der Waals surface area contributed by atoms with Crippen LogP contribution in [0.15, 0.2) is 42.5 Å². The van der Waals surface area contributed by atoms with E-state index in [4.69, 9.17) is 8.92 Å². The molecule has 9 heteroatoms. The number of anilines is 1. The van der Waals surface area contributed by atoms with Gasteiger partial charge in [0.25, 0.3) is 0 Å². The van der Waals surface area contributed by atoms with Crippen molar-refractivity contribution in [2.45, 2.75) is 27.3 Å². The summed E-state index contributed by atoms with van der Waals surface area (Å²) in [7, 11) is -2.34. The van der Waals surface area contributed by atoms with E-state index in [0.717, 1.165) is 0 Å². The molecule has 7 nitrogen and oxygen atoms in total. The number of nitrogens with one attached hydrogen (secondary N) is 1. The SMILES string of the molecule is CCS(=O)(=O)Oc1cc(CN(CC(C)C)C(=O)Nc2ccccc2F)ccc1OC. The summed E-state index contributed by atoms with van der Waals surface area (Å²) in [6.45, 7) is 5.98. The van der Waals surface area contributed by atoms with Crippen LogP contribution < -0.4 is 14.2 Å². The molecule has 2 aromatic rings. The van der Waals surface area contributed by atoms with Crippen molar-refractivity contribution in [1.29, 1.82) is 0 Å². The third kappa shape index (κ3) is 6.62. The highest BCUT2D eigenvalue weighted by molar-refractivity contribution is 7.87. The predicted molar refractivity (Wildman–Crippen MR) is 114 cm³/mol. The third-order valence-corrected chi connectivity index (χ3v) is 5.30. The second kappa shape index (κ2) is 10.3. The summed E-state index contributed by atoms with van der Waals surface area (Å²) in [5, 5.41) is 2.58. The molecule has 2 aromatic carbocycles. The van der Waals surface area contributed by atoms with E-state index >= 15 is 0 Å². The Morgan fingerprint density at radius 2 is 1.87 bits per heavy atom. The highest BCUT2D eigenvalue weighted by Crippen LogP contribution is 2.30. The number of hydrogen-bond donors (Lipinski definition) is 1. The minimum Gasteiger partial charge on any atom is -0.493 e. The van der Waals surface area contributed by atoms with Crippen LogP contribution in [0, 0.1) is 11.7 Å². The van der Waals surface area contributed by atoms with Gasteiger partial charge in [-0.05, 0) is 42.7 Å². The van der Waals surface area contributed by atoms with E-state index in [2.05, 4.69) is 5.32 Å². The van der Waals surface area contributed by atoms with Crippen molar-refractivity contribution in [3.63, 3.8) is 0 Å². The summed E-state index contributed by atoms with van der Waals surface area (Å²) in [6, 6.07) is 10.3. The van der Waals surface area contributed by atoms with Gasteiger partial charge in [0, 0.05) is 13.1 Å². The van der Waals surface area contributed by atoms with E-state index in [-0.39, 0.29) is 35.4 Å². The maximum atomic E-state index is 13.9. The van der Waals surface area contributed by atoms with Gasteiger partial charge < -0.3 is 19.1 Å². The molecule has 0 bridgehead atoms. The number of nitrogens with zero attached hydrogens (tertiary/aromatic N) is 1. The van der Waals surface area contributed by atoms with Crippen molar-refractivity contribution in [2.75, 3.05) is 24.7 Å². The molecule has 0 unspecified atom stereocenters. The van der Waals surface area contributed by atoms with Crippen molar-refractivity contribution >= 4 is 21.8 Å². The Hall–Kier alpha value is -2.81. The topological polar surface area (TPSA) is 84.9 Å². The molecule has 0 saturated heterocycles. The van der Waals surface area contributed by atoms with E-state index in [0.29, 0.717) is 12.1 Å². The van der Waals surface area contributed by atoms with Crippen LogP contribution in [0.5, 0.6) is 11.5 Å². The smallest absolute Gasteiger partial charge is 0.322 e. The molecule has 0 heterocycles. The molecule has 0 aromatic heterocycles. The van der Waals surface area contributed by atoms with Gasteiger partial charge >= 0.3 is 16.1 Å². The molecule has 0 radical (unpaired) electrons. The number of rotatable bonds is 9. The van der Waals surface area contributed by atoms with Gasteiger partial charge in [0.15, 0.2) is 11.5 Å². The maximum Gasteiger partial charge on any atom is 0.322 e. The quantitative estimate of drug-likeness (QED) is 0.592. The van der Waals surface area contributed by atoms with Crippen molar-refractivity contribution in [2.24, 2.45) is 5.92 Å². The lowest BCUT2D eigenvalue weighted by Gasteiger charge is -2.25. The largest absolute Gasteiger partial charge is 0.493 e. The highest BCUT2D eigenvalue weighted by Gasteiger charge is 2.19. The first-order valence-corrected chi connectivity index (χ1v) is 11.1. The molecule has 0 aliphatic carbocycles. The van der Waals surface area contributed by atoms with E-state index in [1.165, 1.54) is 37.1 Å². The van der Waals surface area contributed by atoms with Crippen molar-refractivity contribution in [1.82, 2.24) is 4.90 Å². The minimum atomic E-state index is -3.75. The zero-order valence-corrected chi connectivity index (χ0v) is 18.3. The number of ether oxygens (including phenoxy) is 1. The van der Waals surface area contributed by atoms with Gasteiger partial charge in [0.2, 0.25) is 0 Å². The van der Waals surface area contributed by atoms with Crippen LogP contribution in [-0.2, 0) is 16.7 Å². The van der Waals surface area contributed by atoms with Crippen LogP contribution >= 0.6 is 0 Å². The first-order chi connectivity index (χ1) is 14.1. The van der Waals surface area contributed by atoms with Crippen molar-refractivity contribution < 1.29 is 26.5 Å². The van der Waals surface area contributed by atoms with Crippen molar-refractivity contribution in [3.8, 4) is 11.5 Å². The monoisotopic (exact) mass is 438 g/mol. The summed E-state index contributed by atoms with van der Waals surface area (Å²) in [4.78, 5) is 14.3. The number of urea groups is 1. The van der Waals surface area contributed by atoms with Crippen LogP contribution in [-0.4, -0.2) is 38.8 Å². The summed E-state index contributed by atoms with van der Waals surface area (Å²) < 4.78 is 48.0. The molecule has 0 aliphatic rings. The summed E-state index contributed by atoms with van der Waals surface area (Å²) in [5.41, 5.74) is 0.727. The molecule has 2 rings (SSSR count). The summed E-state index contributed by atoms with van der Waals surface area (Å²) >= 11 is 0. The van der Waals surface area contributed by atoms with Gasteiger partial charge in [0.1, 0.15) is 5.82 Å².